The number of amides is 5. The molecule has 100 heavy (non-hydrogen) atoms. The summed E-state index contributed by atoms with van der Waals surface area (Å²) in [7, 11) is 0. The molecule has 6 heterocycles. The van der Waals surface area contributed by atoms with Gasteiger partial charge in [0.25, 0.3) is 23.6 Å². The van der Waals surface area contributed by atoms with E-state index < -0.39 is 128 Å². The topological polar surface area (TPSA) is 284 Å². The molecule has 4 saturated heterocycles. The van der Waals surface area contributed by atoms with E-state index >= 15 is 9.59 Å². The number of carbonyl (C=O) groups is 5. The Kier molecular flexibility index (Phi) is 21.0. The minimum atomic E-state index is -1.87. The Hall–Kier alpha value is -9.86. The zero-order valence-corrected chi connectivity index (χ0v) is 53.8. The average molecular weight is 1360 g/mol. The Morgan fingerprint density at radius 1 is 0.490 bits per heavy atom. The molecule has 0 spiro atoms. The van der Waals surface area contributed by atoms with Crippen LogP contribution in [0.4, 0.5) is 10.5 Å². The molecule has 2 N–H and O–H groups in total. The van der Waals surface area contributed by atoms with Crippen molar-refractivity contribution in [1.82, 2.24) is 9.80 Å². The van der Waals surface area contributed by atoms with Gasteiger partial charge in [0.2, 0.25) is 0 Å². The zero-order valence-electron chi connectivity index (χ0n) is 53.8. The summed E-state index contributed by atoms with van der Waals surface area (Å²) in [6.45, 7) is -1.16. The fourth-order valence-corrected chi connectivity index (χ4v) is 13.5. The predicted molar refractivity (Wildman–Crippen MR) is 355 cm³/mol. The quantitative estimate of drug-likeness (QED) is 0.0246. The van der Waals surface area contributed by atoms with Gasteiger partial charge in [0.15, 0.2) is 31.2 Å². The van der Waals surface area contributed by atoms with Crippen molar-refractivity contribution in [2.75, 3.05) is 25.1 Å². The number of nitrogens with zero attached hydrogens (tertiary/aromatic N) is 5. The summed E-state index contributed by atoms with van der Waals surface area (Å²) < 4.78 is 82.1. The van der Waals surface area contributed by atoms with Crippen LogP contribution in [0.5, 0.6) is 0 Å². The number of hydrogen-bond donors (Lipinski definition) is 2. The number of fused-ring (bicyclic) bond motifs is 3. The fourth-order valence-electron chi connectivity index (χ4n) is 13.5. The van der Waals surface area contributed by atoms with Crippen molar-refractivity contribution in [2.24, 2.45) is 5.11 Å². The second kappa shape index (κ2) is 31.1. The number of para-hydroxylation sites is 1. The lowest BCUT2D eigenvalue weighted by Crippen LogP contribution is -2.71. The molecule has 6 aliphatic rings. The highest BCUT2D eigenvalue weighted by atomic mass is 16.8. The summed E-state index contributed by atoms with van der Waals surface area (Å²) in [5.41, 5.74) is 14.5. The van der Waals surface area contributed by atoms with Crippen LogP contribution in [0, 0.1) is 0 Å². The lowest BCUT2D eigenvalue weighted by Gasteiger charge is -2.53. The van der Waals surface area contributed by atoms with Gasteiger partial charge in [0, 0.05) is 16.2 Å². The lowest BCUT2D eigenvalue weighted by molar-refractivity contribution is -0.387. The van der Waals surface area contributed by atoms with E-state index in [1.165, 1.54) is 24.3 Å². The van der Waals surface area contributed by atoms with Crippen molar-refractivity contribution in [2.45, 2.75) is 125 Å². The number of ether oxygens (including phenoxy) is 12. The Bertz CT molecular complexity index is 4120. The van der Waals surface area contributed by atoms with Gasteiger partial charge < -0.3 is 61.9 Å². The summed E-state index contributed by atoms with van der Waals surface area (Å²) in [5.74, 6) is -3.04. The molecule has 5 amide bonds. The van der Waals surface area contributed by atoms with Crippen LogP contribution in [0.15, 0.2) is 236 Å². The van der Waals surface area contributed by atoms with E-state index in [1.54, 1.807) is 54.6 Å². The standard InChI is InChI=1S/C76H70N6O18/c77-80-79-68-59(81-69(84)52-35-19-20-36-53(52)70(81)85)65(91-41-48-27-11-3-12-28-48)62(56(94-68)43-89-39-46-23-7-1-8-24-46)98-74-60(82-71(86)54-37-21-22-38-55(54)72(82)87)66(92-42-49-29-13-4-14-30-49)63(57(95-74)44-90-40-47-25-9-2-10-26-47)99-75-61(83)67(100-76(88)78-51-33-17-6-18-34-51)64-58(96-75)45-93-73(97-64)50-31-15-5-16-32-50/h1-38,56-68,73-75,83H,39-45H2,(H,78,88)/t56-,57-,58-,59-,60-,61-,62-,63-,64-,65-,66-,67-,68-,73-,74+,75+/m1/s1. The molecule has 0 bridgehead atoms. The van der Waals surface area contributed by atoms with Gasteiger partial charge >= 0.3 is 6.09 Å². The molecule has 0 saturated carbocycles. The Labute approximate surface area is 574 Å². The maximum atomic E-state index is 15.6. The minimum Gasteiger partial charge on any atom is -0.440 e. The first kappa shape index (κ1) is 67.3. The van der Waals surface area contributed by atoms with Crippen LogP contribution in [-0.2, 0) is 83.3 Å². The second-order valence-electron chi connectivity index (χ2n) is 24.6. The number of benzene rings is 8. The third-order valence-electron chi connectivity index (χ3n) is 18.2. The molecule has 24 nitrogen and oxygen atoms in total. The number of hydrogen-bond acceptors (Lipinski definition) is 19. The van der Waals surface area contributed by atoms with Crippen molar-refractivity contribution in [3.8, 4) is 0 Å². The summed E-state index contributed by atoms with van der Waals surface area (Å²) in [5, 5.41) is 19.8. The third-order valence-corrected chi connectivity index (χ3v) is 18.2. The minimum absolute atomic E-state index is 0.0157. The molecule has 24 heteroatoms. The van der Waals surface area contributed by atoms with Crippen LogP contribution in [0.3, 0.4) is 0 Å². The Balaban J connectivity index is 0.903. The lowest BCUT2D eigenvalue weighted by atomic mass is 9.92. The largest absolute Gasteiger partial charge is 0.440 e. The number of carbonyl (C=O) groups excluding carboxylic acids is 5. The number of rotatable bonds is 24. The summed E-state index contributed by atoms with van der Waals surface area (Å²) in [4.78, 5) is 80.4. The molecule has 8 aromatic rings. The molecule has 0 aliphatic carbocycles. The molecule has 0 radical (unpaired) electrons. The zero-order chi connectivity index (χ0) is 68.5. The number of azide groups is 1. The van der Waals surface area contributed by atoms with Gasteiger partial charge in [-0.2, -0.15) is 0 Å². The fraction of sp³-hybridized carbons (Fsp3) is 0.303. The van der Waals surface area contributed by atoms with Gasteiger partial charge in [-0.3, -0.25) is 34.3 Å². The Morgan fingerprint density at radius 3 is 1.40 bits per heavy atom. The number of imide groups is 2. The van der Waals surface area contributed by atoms with Gasteiger partial charge in [-0.1, -0.05) is 199 Å². The first-order valence-electron chi connectivity index (χ1n) is 32.9. The molecule has 512 valence electrons. The molecule has 16 atom stereocenters. The third kappa shape index (κ3) is 14.6. The van der Waals surface area contributed by atoms with E-state index in [9.17, 15) is 25.0 Å². The highest BCUT2D eigenvalue weighted by molar-refractivity contribution is 6.22. The van der Waals surface area contributed by atoms with E-state index in [0.29, 0.717) is 22.4 Å². The van der Waals surface area contributed by atoms with Crippen molar-refractivity contribution in [1.29, 1.82) is 0 Å². The van der Waals surface area contributed by atoms with E-state index in [4.69, 9.17) is 56.8 Å². The molecular weight excluding hydrogens is 1280 g/mol. The maximum Gasteiger partial charge on any atom is 0.412 e. The molecule has 0 aromatic heterocycles. The van der Waals surface area contributed by atoms with Gasteiger partial charge in [-0.05, 0) is 64.2 Å². The molecule has 0 unspecified atom stereocenters. The van der Waals surface area contributed by atoms with E-state index in [1.807, 2.05) is 152 Å². The summed E-state index contributed by atoms with van der Waals surface area (Å²) in [6, 6.07) is 63.6. The second-order valence-corrected chi connectivity index (χ2v) is 24.6. The van der Waals surface area contributed by atoms with Crippen LogP contribution in [0.1, 0.15) is 75.5 Å². The van der Waals surface area contributed by atoms with E-state index in [0.717, 1.165) is 20.9 Å². The summed E-state index contributed by atoms with van der Waals surface area (Å²) >= 11 is 0. The van der Waals surface area contributed by atoms with Gasteiger partial charge in [0.05, 0.1) is 68.5 Å². The van der Waals surface area contributed by atoms with Crippen molar-refractivity contribution in [3.63, 3.8) is 0 Å². The van der Waals surface area contributed by atoms with E-state index in [2.05, 4.69) is 15.3 Å². The monoisotopic (exact) mass is 1350 g/mol. The first-order valence-corrected chi connectivity index (χ1v) is 32.9. The van der Waals surface area contributed by atoms with Crippen LogP contribution in [0.2, 0.25) is 0 Å². The smallest absolute Gasteiger partial charge is 0.412 e. The molecule has 8 aromatic carbocycles. The van der Waals surface area contributed by atoms with Crippen LogP contribution in [-0.4, -0.2) is 156 Å². The molecule has 14 rings (SSSR count). The molecular formula is C76H70N6O18. The van der Waals surface area contributed by atoms with Crippen LogP contribution >= 0.6 is 0 Å². The van der Waals surface area contributed by atoms with Gasteiger partial charge in [-0.25, -0.2) is 4.79 Å². The highest BCUT2D eigenvalue weighted by Gasteiger charge is 2.62. The van der Waals surface area contributed by atoms with Gasteiger partial charge in [0.1, 0.15) is 67.0 Å². The van der Waals surface area contributed by atoms with Crippen molar-refractivity contribution < 1.29 is 85.9 Å². The van der Waals surface area contributed by atoms with Crippen molar-refractivity contribution in [3.05, 3.63) is 291 Å². The highest BCUT2D eigenvalue weighted by Crippen LogP contribution is 2.43. The predicted octanol–water partition coefficient (Wildman–Crippen LogP) is 10.3. The number of anilines is 1. The number of aliphatic hydroxyl groups is 1. The van der Waals surface area contributed by atoms with Crippen LogP contribution < -0.4 is 5.32 Å². The summed E-state index contributed by atoms with van der Waals surface area (Å²) in [6.07, 6.45) is -21.8. The average Bonchev–Trinajstić information content (AvgIpc) is 1.43. The number of nitrogens with one attached hydrogen (secondary N) is 1. The number of aliphatic hydroxyl groups excluding tert-OH is 1. The van der Waals surface area contributed by atoms with Gasteiger partial charge in [-0.15, -0.1) is 0 Å². The Morgan fingerprint density at radius 2 is 0.910 bits per heavy atom. The van der Waals surface area contributed by atoms with E-state index in [-0.39, 0.29) is 68.5 Å². The normalized spacial score (nSPS) is 27.8. The first-order chi connectivity index (χ1) is 49.1. The van der Waals surface area contributed by atoms with Crippen LogP contribution in [0.25, 0.3) is 10.4 Å². The molecule has 6 aliphatic heterocycles. The van der Waals surface area contributed by atoms with Crippen molar-refractivity contribution >= 4 is 35.4 Å². The SMILES string of the molecule is [N-]=[N+]=N[C@@H]1O[C@H](COCc2ccccc2)[C@@H](O[C@@H]2O[C@H](COCc3ccccc3)[C@@H](O[C@@H]3O[C@@H]4CO[C@@H](c5ccccc5)O[C@H]4[C@H](OC(=O)Nc4ccccc4)[C@H]3O)[C@H](OCc3ccccc3)[C@H]2N2C(=O)c3ccccc3C2=O)[C@H](OCc2ccccc2)[C@H]1N1C(=O)c2ccccc2C1=O. The maximum absolute atomic E-state index is 15.6. The molecule has 4 fully saturated rings.